The first kappa shape index (κ1) is 15.6. The van der Waals surface area contributed by atoms with Gasteiger partial charge >= 0.3 is 6.18 Å². The first-order chi connectivity index (χ1) is 9.77. The van der Waals surface area contributed by atoms with E-state index in [0.29, 0.717) is 12.8 Å². The maximum atomic E-state index is 12.7. The molecule has 21 heavy (non-hydrogen) atoms. The molecule has 0 saturated carbocycles. The van der Waals surface area contributed by atoms with E-state index < -0.39 is 17.8 Å². The molecule has 1 aliphatic heterocycles. The Morgan fingerprint density at radius 2 is 2.00 bits per heavy atom. The normalized spacial score (nSPS) is 17.7. The predicted octanol–water partition coefficient (Wildman–Crippen LogP) is 1.67. The van der Waals surface area contributed by atoms with E-state index >= 15 is 0 Å². The monoisotopic (exact) mass is 303 g/mol. The van der Waals surface area contributed by atoms with E-state index in [1.807, 2.05) is 7.05 Å². The number of ether oxygens (including phenoxy) is 1. The molecule has 2 heterocycles. The van der Waals surface area contributed by atoms with Gasteiger partial charge in [0.2, 0.25) is 5.88 Å². The lowest BCUT2D eigenvalue weighted by Gasteiger charge is -2.29. The molecule has 0 aromatic carbocycles. The third-order valence-corrected chi connectivity index (χ3v) is 3.36. The van der Waals surface area contributed by atoms with Crippen molar-refractivity contribution in [2.24, 2.45) is 5.73 Å². The number of primary amides is 1. The molecule has 2 N–H and O–H groups in total. The van der Waals surface area contributed by atoms with Crippen LogP contribution in [0.2, 0.25) is 0 Å². The van der Waals surface area contributed by atoms with Crippen LogP contribution in [0.15, 0.2) is 12.1 Å². The molecule has 2 rings (SSSR count). The third-order valence-electron chi connectivity index (χ3n) is 3.36. The van der Waals surface area contributed by atoms with Gasteiger partial charge in [-0.1, -0.05) is 0 Å². The molecule has 1 fully saturated rings. The highest BCUT2D eigenvalue weighted by molar-refractivity contribution is 5.95. The van der Waals surface area contributed by atoms with E-state index in [-0.39, 0.29) is 17.5 Å². The second-order valence-electron chi connectivity index (χ2n) is 5.03. The molecule has 0 atom stereocenters. The van der Waals surface area contributed by atoms with Crippen molar-refractivity contribution in [2.75, 3.05) is 20.1 Å². The van der Waals surface area contributed by atoms with Gasteiger partial charge in [0.1, 0.15) is 17.4 Å². The highest BCUT2D eigenvalue weighted by Crippen LogP contribution is 2.31. The maximum absolute atomic E-state index is 12.7. The molecule has 5 nitrogen and oxygen atoms in total. The highest BCUT2D eigenvalue weighted by atomic mass is 19.4. The fourth-order valence-corrected chi connectivity index (χ4v) is 2.14. The lowest BCUT2D eigenvalue weighted by molar-refractivity contribution is -0.141. The van der Waals surface area contributed by atoms with Crippen LogP contribution in [-0.2, 0) is 6.18 Å². The Hall–Kier alpha value is -1.83. The minimum absolute atomic E-state index is 0.137. The number of carbonyl (C=O) groups excluding carboxylic acids is 1. The number of hydrogen-bond acceptors (Lipinski definition) is 4. The van der Waals surface area contributed by atoms with Crippen LogP contribution < -0.4 is 10.5 Å². The van der Waals surface area contributed by atoms with E-state index in [4.69, 9.17) is 10.5 Å². The van der Waals surface area contributed by atoms with Crippen molar-refractivity contribution in [3.63, 3.8) is 0 Å². The van der Waals surface area contributed by atoms with Gasteiger partial charge in [-0.05, 0) is 32.0 Å². The number of piperidine rings is 1. The van der Waals surface area contributed by atoms with Crippen molar-refractivity contribution >= 4 is 5.91 Å². The number of nitrogens with two attached hydrogens (primary N) is 1. The molecule has 0 radical (unpaired) electrons. The molecule has 0 unspecified atom stereocenters. The van der Waals surface area contributed by atoms with Crippen molar-refractivity contribution in [2.45, 2.75) is 25.1 Å². The topological polar surface area (TPSA) is 68.4 Å². The number of hydrogen-bond donors (Lipinski definition) is 1. The van der Waals surface area contributed by atoms with Gasteiger partial charge in [-0.25, -0.2) is 4.98 Å². The number of halogens is 3. The lowest BCUT2D eigenvalue weighted by Crippen LogP contribution is -2.36. The van der Waals surface area contributed by atoms with E-state index in [2.05, 4.69) is 9.88 Å². The van der Waals surface area contributed by atoms with Crippen LogP contribution >= 0.6 is 0 Å². The number of carbonyl (C=O) groups is 1. The summed E-state index contributed by atoms with van der Waals surface area (Å²) in [6.07, 6.45) is -3.55. The van der Waals surface area contributed by atoms with Crippen LogP contribution in [0.3, 0.4) is 0 Å². The number of alkyl halides is 3. The minimum atomic E-state index is -4.60. The SMILES string of the molecule is CN1CCC(Oc2nc(C(F)(F)F)ccc2C(N)=O)CC1. The summed E-state index contributed by atoms with van der Waals surface area (Å²) in [5, 5.41) is 0. The van der Waals surface area contributed by atoms with Crippen molar-refractivity contribution in [1.82, 2.24) is 9.88 Å². The van der Waals surface area contributed by atoms with Crippen LogP contribution in [0, 0.1) is 0 Å². The standard InChI is InChI=1S/C13H16F3N3O2/c1-19-6-4-8(5-7-19)21-12-9(11(17)20)2-3-10(18-12)13(14,15)16/h2-3,8H,4-7H2,1H3,(H2,17,20). The first-order valence-electron chi connectivity index (χ1n) is 6.50. The fourth-order valence-electron chi connectivity index (χ4n) is 2.14. The summed E-state index contributed by atoms with van der Waals surface area (Å²) < 4.78 is 43.6. The second-order valence-corrected chi connectivity index (χ2v) is 5.03. The Kier molecular flexibility index (Phi) is 4.36. The Morgan fingerprint density at radius 1 is 1.38 bits per heavy atom. The van der Waals surface area contributed by atoms with Crippen LogP contribution in [0.1, 0.15) is 28.9 Å². The number of rotatable bonds is 3. The van der Waals surface area contributed by atoms with E-state index in [9.17, 15) is 18.0 Å². The third kappa shape index (κ3) is 3.84. The average Bonchev–Trinajstić information content (AvgIpc) is 2.40. The fraction of sp³-hybridized carbons (Fsp3) is 0.538. The zero-order valence-electron chi connectivity index (χ0n) is 11.5. The van der Waals surface area contributed by atoms with E-state index in [0.717, 1.165) is 25.2 Å². The average molecular weight is 303 g/mol. The second kappa shape index (κ2) is 5.88. The number of nitrogens with zero attached hydrogens (tertiary/aromatic N) is 2. The molecule has 8 heteroatoms. The number of pyridine rings is 1. The number of likely N-dealkylation sites (tertiary alicyclic amines) is 1. The van der Waals surface area contributed by atoms with Gasteiger partial charge in [-0.15, -0.1) is 0 Å². The summed E-state index contributed by atoms with van der Waals surface area (Å²) in [4.78, 5) is 16.8. The Balaban J connectivity index is 2.24. The lowest BCUT2D eigenvalue weighted by atomic mass is 10.1. The molecule has 1 amide bonds. The molecular formula is C13H16F3N3O2. The smallest absolute Gasteiger partial charge is 0.433 e. The molecular weight excluding hydrogens is 287 g/mol. The maximum Gasteiger partial charge on any atom is 0.433 e. The molecule has 116 valence electrons. The predicted molar refractivity (Wildman–Crippen MR) is 68.9 cm³/mol. The molecule has 0 bridgehead atoms. The van der Waals surface area contributed by atoms with Gasteiger partial charge in [-0.2, -0.15) is 13.2 Å². The Bertz CT molecular complexity index is 526. The van der Waals surface area contributed by atoms with Gasteiger partial charge < -0.3 is 15.4 Å². The Labute approximate surface area is 119 Å². The molecule has 1 saturated heterocycles. The van der Waals surface area contributed by atoms with Crippen molar-refractivity contribution in [3.05, 3.63) is 23.4 Å². The summed E-state index contributed by atoms with van der Waals surface area (Å²) in [5.41, 5.74) is 3.91. The van der Waals surface area contributed by atoms with Gasteiger partial charge in [-0.3, -0.25) is 4.79 Å². The molecule has 1 aromatic heterocycles. The van der Waals surface area contributed by atoms with E-state index in [1.54, 1.807) is 0 Å². The molecule has 1 aromatic rings. The summed E-state index contributed by atoms with van der Waals surface area (Å²) in [6.45, 7) is 1.55. The van der Waals surface area contributed by atoms with Gasteiger partial charge in [0.05, 0.1) is 0 Å². The number of aromatic nitrogens is 1. The van der Waals surface area contributed by atoms with E-state index in [1.165, 1.54) is 0 Å². The zero-order valence-corrected chi connectivity index (χ0v) is 11.5. The largest absolute Gasteiger partial charge is 0.474 e. The quantitative estimate of drug-likeness (QED) is 0.922. The van der Waals surface area contributed by atoms with Crippen LogP contribution in [0.5, 0.6) is 5.88 Å². The summed E-state index contributed by atoms with van der Waals surface area (Å²) in [7, 11) is 1.95. The minimum Gasteiger partial charge on any atom is -0.474 e. The zero-order chi connectivity index (χ0) is 15.6. The van der Waals surface area contributed by atoms with Crippen molar-refractivity contribution in [1.29, 1.82) is 0 Å². The van der Waals surface area contributed by atoms with Gasteiger partial charge in [0.25, 0.3) is 5.91 Å². The van der Waals surface area contributed by atoms with Crippen LogP contribution in [0.4, 0.5) is 13.2 Å². The summed E-state index contributed by atoms with van der Waals surface area (Å²) in [6, 6.07) is 1.73. The number of amides is 1. The summed E-state index contributed by atoms with van der Waals surface area (Å²) in [5.74, 6) is -1.20. The molecule has 0 aliphatic carbocycles. The molecule has 1 aliphatic rings. The summed E-state index contributed by atoms with van der Waals surface area (Å²) >= 11 is 0. The van der Waals surface area contributed by atoms with Crippen molar-refractivity contribution in [3.8, 4) is 5.88 Å². The van der Waals surface area contributed by atoms with Crippen molar-refractivity contribution < 1.29 is 22.7 Å². The van der Waals surface area contributed by atoms with Gasteiger partial charge in [0, 0.05) is 13.1 Å². The van der Waals surface area contributed by atoms with Gasteiger partial charge in [0.15, 0.2) is 0 Å². The Morgan fingerprint density at radius 3 is 2.52 bits per heavy atom. The first-order valence-corrected chi connectivity index (χ1v) is 6.50. The van der Waals surface area contributed by atoms with Crippen LogP contribution in [0.25, 0.3) is 0 Å². The molecule has 0 spiro atoms. The van der Waals surface area contributed by atoms with Crippen LogP contribution in [-0.4, -0.2) is 42.0 Å². The highest BCUT2D eigenvalue weighted by Gasteiger charge is 2.34.